The number of nitrogens with zero attached hydrogens (tertiary/aromatic N) is 2. The van der Waals surface area contributed by atoms with Crippen LogP contribution in [0.3, 0.4) is 0 Å². The number of carbonyl (C=O) groups excluding carboxylic acids is 1. The zero-order valence-corrected chi connectivity index (χ0v) is 15.9. The van der Waals surface area contributed by atoms with E-state index in [1.807, 2.05) is 42.5 Å². The van der Waals surface area contributed by atoms with Crippen molar-refractivity contribution in [3.63, 3.8) is 0 Å². The van der Waals surface area contributed by atoms with E-state index >= 15 is 0 Å². The highest BCUT2D eigenvalue weighted by molar-refractivity contribution is 6.30. The number of rotatable bonds is 8. The number of aliphatic hydroxyl groups is 1. The molecule has 3 aromatic rings. The Labute approximate surface area is 171 Å². The van der Waals surface area contributed by atoms with Crippen molar-refractivity contribution in [3.8, 4) is 11.1 Å². The Balaban J connectivity index is 1.73. The summed E-state index contributed by atoms with van der Waals surface area (Å²) in [6.07, 6.45) is -0.351. The fraction of sp³-hybridized carbons (Fsp3) is 0.150. The molecule has 0 aliphatic rings. The number of hydrogen-bond acceptors (Lipinski definition) is 6. The molecule has 0 aliphatic heterocycles. The smallest absolute Gasteiger partial charge is 0.333 e. The first-order valence-corrected chi connectivity index (χ1v) is 9.02. The number of amides is 1. The van der Waals surface area contributed by atoms with Crippen molar-refractivity contribution in [1.82, 2.24) is 15.6 Å². The molecule has 0 aliphatic carbocycles. The number of carboxylic acid groups (broad SMARTS) is 1. The van der Waals surface area contributed by atoms with Crippen molar-refractivity contribution in [2.45, 2.75) is 12.6 Å². The summed E-state index contributed by atoms with van der Waals surface area (Å²) in [7, 11) is 0. The predicted octanol–water partition coefficient (Wildman–Crippen LogP) is 2.59. The summed E-state index contributed by atoms with van der Waals surface area (Å²) in [5.74, 6) is -2.02. The normalized spacial score (nSPS) is 12.0. The van der Waals surface area contributed by atoms with Gasteiger partial charge in [-0.2, -0.15) is 0 Å². The van der Waals surface area contributed by atoms with Gasteiger partial charge in [-0.25, -0.2) is 9.80 Å². The summed E-state index contributed by atoms with van der Waals surface area (Å²) in [4.78, 5) is 23.2. The molecule has 0 saturated heterocycles. The van der Waals surface area contributed by atoms with Crippen molar-refractivity contribution in [3.05, 3.63) is 77.1 Å². The topological polar surface area (TPSA) is 116 Å². The van der Waals surface area contributed by atoms with E-state index in [1.54, 1.807) is 6.07 Å². The average molecular weight is 416 g/mol. The fourth-order valence-electron chi connectivity index (χ4n) is 2.66. The molecule has 1 amide bonds. The lowest BCUT2D eigenvalue weighted by Gasteiger charge is -2.24. The van der Waals surface area contributed by atoms with Gasteiger partial charge in [0.1, 0.15) is 0 Å². The summed E-state index contributed by atoms with van der Waals surface area (Å²) in [5, 5.41) is 24.1. The van der Waals surface area contributed by atoms with Gasteiger partial charge in [-0.1, -0.05) is 53.2 Å². The van der Waals surface area contributed by atoms with Crippen LogP contribution in [-0.4, -0.2) is 44.9 Å². The van der Waals surface area contributed by atoms with Crippen LogP contribution in [0.1, 0.15) is 16.1 Å². The highest BCUT2D eigenvalue weighted by atomic mass is 35.5. The lowest BCUT2D eigenvalue weighted by Crippen LogP contribution is -2.47. The number of hydrogen-bond donors (Lipinski definition) is 3. The maximum Gasteiger partial charge on any atom is 0.333 e. The largest absolute Gasteiger partial charge is 0.479 e. The highest BCUT2D eigenvalue weighted by Crippen LogP contribution is 2.23. The number of halogens is 1. The number of aromatic nitrogens is 1. The molecule has 0 spiro atoms. The number of aliphatic carboxylic acids is 1. The van der Waals surface area contributed by atoms with Crippen molar-refractivity contribution in [1.29, 1.82) is 0 Å². The molecule has 0 unspecified atom stereocenters. The molecule has 0 bridgehead atoms. The zero-order valence-electron chi connectivity index (χ0n) is 15.2. The van der Waals surface area contributed by atoms with E-state index in [9.17, 15) is 14.7 Å². The monoisotopic (exact) mass is 415 g/mol. The van der Waals surface area contributed by atoms with Crippen molar-refractivity contribution in [2.24, 2.45) is 0 Å². The lowest BCUT2D eigenvalue weighted by atomic mass is 10.0. The van der Waals surface area contributed by atoms with Crippen molar-refractivity contribution >= 4 is 23.5 Å². The number of nitrogens with one attached hydrogen (secondary N) is 1. The number of benzene rings is 2. The van der Waals surface area contributed by atoms with Gasteiger partial charge >= 0.3 is 11.9 Å². The van der Waals surface area contributed by atoms with E-state index < -0.39 is 18.0 Å². The standard InChI is InChI=1S/C20H18ClN3O5/c21-16-3-1-2-15(10-16)14-6-4-13(5-7-14)11-24(12-17(25)20(27)28)23-19(26)18-8-9-22-29-18/h1-10,17,25H,11-12H2,(H,23,26)(H,27,28)/t17-/m1/s1. The molecule has 29 heavy (non-hydrogen) atoms. The molecule has 3 N–H and O–H groups in total. The van der Waals surface area contributed by atoms with Gasteiger partial charge in [0.15, 0.2) is 6.10 Å². The van der Waals surface area contributed by atoms with Crippen LogP contribution in [0.25, 0.3) is 11.1 Å². The van der Waals surface area contributed by atoms with Crippen molar-refractivity contribution < 1.29 is 24.3 Å². The maximum atomic E-state index is 12.2. The number of carbonyl (C=O) groups is 2. The first kappa shape index (κ1) is 20.5. The second-order valence-electron chi connectivity index (χ2n) is 6.26. The van der Waals surface area contributed by atoms with Gasteiger partial charge in [-0.05, 0) is 28.8 Å². The van der Waals surface area contributed by atoms with Gasteiger partial charge in [-0.3, -0.25) is 10.2 Å². The summed E-state index contributed by atoms with van der Waals surface area (Å²) in [5.41, 5.74) is 5.24. The molecule has 1 heterocycles. The number of hydrazine groups is 1. The third-order valence-corrected chi connectivity index (χ3v) is 4.32. The van der Waals surface area contributed by atoms with Crippen LogP contribution in [0.5, 0.6) is 0 Å². The number of carboxylic acids is 1. The molecule has 2 aromatic carbocycles. The first-order chi connectivity index (χ1) is 13.9. The Morgan fingerprint density at radius 1 is 1.14 bits per heavy atom. The molecule has 0 fully saturated rings. The van der Waals surface area contributed by atoms with E-state index in [0.29, 0.717) is 5.02 Å². The summed E-state index contributed by atoms with van der Waals surface area (Å²) in [6.45, 7) is -0.148. The minimum atomic E-state index is -1.67. The Hall–Kier alpha value is -3.20. The summed E-state index contributed by atoms with van der Waals surface area (Å²) < 4.78 is 4.79. The van der Waals surface area contributed by atoms with Crippen LogP contribution in [0.2, 0.25) is 5.02 Å². The minimum Gasteiger partial charge on any atom is -0.479 e. The third kappa shape index (κ3) is 5.64. The fourth-order valence-corrected chi connectivity index (χ4v) is 2.85. The van der Waals surface area contributed by atoms with Crippen LogP contribution in [0.4, 0.5) is 0 Å². The first-order valence-electron chi connectivity index (χ1n) is 8.65. The second-order valence-corrected chi connectivity index (χ2v) is 6.70. The highest BCUT2D eigenvalue weighted by Gasteiger charge is 2.21. The molecule has 9 heteroatoms. The molecular formula is C20H18ClN3O5. The molecule has 1 aromatic heterocycles. The third-order valence-electron chi connectivity index (χ3n) is 4.08. The van der Waals surface area contributed by atoms with E-state index in [2.05, 4.69) is 10.6 Å². The van der Waals surface area contributed by atoms with Crippen molar-refractivity contribution in [2.75, 3.05) is 6.54 Å². The second kappa shape index (κ2) is 9.33. The molecule has 0 radical (unpaired) electrons. The van der Waals surface area contributed by atoms with Crippen LogP contribution in [-0.2, 0) is 11.3 Å². The van der Waals surface area contributed by atoms with Crippen LogP contribution < -0.4 is 5.43 Å². The van der Waals surface area contributed by atoms with E-state index in [4.69, 9.17) is 21.2 Å². The van der Waals surface area contributed by atoms with Gasteiger partial charge in [0.25, 0.3) is 0 Å². The van der Waals surface area contributed by atoms with Gasteiger partial charge < -0.3 is 14.7 Å². The Morgan fingerprint density at radius 2 is 1.90 bits per heavy atom. The van der Waals surface area contributed by atoms with Gasteiger partial charge in [0.2, 0.25) is 5.76 Å². The zero-order chi connectivity index (χ0) is 20.8. The molecule has 8 nitrogen and oxygen atoms in total. The van der Waals surface area contributed by atoms with Crippen LogP contribution in [0.15, 0.2) is 65.3 Å². The molecular weight excluding hydrogens is 398 g/mol. The Bertz CT molecular complexity index is 976. The lowest BCUT2D eigenvalue weighted by molar-refractivity contribution is -0.148. The molecule has 150 valence electrons. The molecule has 3 rings (SSSR count). The average Bonchev–Trinajstić information content (AvgIpc) is 3.23. The maximum absolute atomic E-state index is 12.2. The Kier molecular flexibility index (Phi) is 6.61. The van der Waals surface area contributed by atoms with Gasteiger partial charge in [0.05, 0.1) is 12.7 Å². The van der Waals surface area contributed by atoms with Crippen LogP contribution in [0, 0.1) is 0 Å². The van der Waals surface area contributed by atoms with Crippen LogP contribution >= 0.6 is 11.6 Å². The summed E-state index contributed by atoms with van der Waals surface area (Å²) in [6, 6.07) is 16.3. The minimum absolute atomic E-state index is 0.0314. The van der Waals surface area contributed by atoms with Gasteiger partial charge in [0, 0.05) is 17.6 Å². The van der Waals surface area contributed by atoms with Gasteiger partial charge in [-0.15, -0.1) is 0 Å². The SMILES string of the molecule is O=C(NN(Cc1ccc(-c2cccc(Cl)c2)cc1)C[C@@H](O)C(=O)O)c1ccno1. The Morgan fingerprint density at radius 3 is 2.52 bits per heavy atom. The van der Waals surface area contributed by atoms with E-state index in [0.717, 1.165) is 16.7 Å². The number of aliphatic hydroxyl groups excluding tert-OH is 1. The van der Waals surface area contributed by atoms with E-state index in [1.165, 1.54) is 17.3 Å². The summed E-state index contributed by atoms with van der Waals surface area (Å²) >= 11 is 6.03. The molecule has 0 saturated carbocycles. The predicted molar refractivity (Wildman–Crippen MR) is 105 cm³/mol. The molecule has 1 atom stereocenters. The quantitative estimate of drug-likeness (QED) is 0.484. The van der Waals surface area contributed by atoms with E-state index in [-0.39, 0.29) is 18.8 Å².